The summed E-state index contributed by atoms with van der Waals surface area (Å²) in [4.78, 5) is 15.9. The van der Waals surface area contributed by atoms with Crippen LogP contribution in [-0.2, 0) is 32.6 Å². The lowest BCUT2D eigenvalue weighted by Crippen LogP contribution is -2.31. The van der Waals surface area contributed by atoms with Crippen LogP contribution in [0.1, 0.15) is 71.5 Å². The molecule has 0 spiro atoms. The smallest absolute Gasteiger partial charge is 0.121 e. The Morgan fingerprint density at radius 2 is 1.64 bits per heavy atom. The zero-order valence-corrected chi connectivity index (χ0v) is 25.6. The first kappa shape index (κ1) is 30.5. The Balaban J connectivity index is 0.00000357. The maximum absolute atomic E-state index is 4.92. The first-order chi connectivity index (χ1) is 21.6. The van der Waals surface area contributed by atoms with Crippen molar-refractivity contribution in [3.63, 3.8) is 0 Å². The molecule has 0 aliphatic heterocycles. The Bertz CT molecular complexity index is 1820. The average Bonchev–Trinajstić information content (AvgIpc) is 3.60. The fourth-order valence-corrected chi connectivity index (χ4v) is 6.81. The van der Waals surface area contributed by atoms with Crippen molar-refractivity contribution in [1.82, 2.24) is 29.7 Å². The predicted molar refractivity (Wildman–Crippen MR) is 184 cm³/mol. The lowest BCUT2D eigenvalue weighted by molar-refractivity contribution is 0.153. The number of para-hydroxylation sites is 3. The van der Waals surface area contributed by atoms with Crippen LogP contribution in [0.15, 0.2) is 103 Å². The molecule has 1 aliphatic carbocycles. The maximum Gasteiger partial charge on any atom is 0.121 e. The Kier molecular flexibility index (Phi) is 9.24. The van der Waals surface area contributed by atoms with Gasteiger partial charge in [-0.15, -0.1) is 0 Å². The van der Waals surface area contributed by atoms with E-state index in [0.29, 0.717) is 0 Å². The SMILES string of the molecule is C.Cc1cc(CNCc2ccc(CN(Cc3nc4ccccc4[nH]3)C3CCCc4cccnc43)cc2)c(C)n1-c1ccccc1. The van der Waals surface area contributed by atoms with Crippen LogP contribution in [0.25, 0.3) is 16.7 Å². The molecular weight excluding hydrogens is 552 g/mol. The summed E-state index contributed by atoms with van der Waals surface area (Å²) in [5.74, 6) is 1.00. The number of imidazole rings is 1. The molecule has 230 valence electrons. The standard InChI is InChI=1S/C38H40N6.CH4/c1-27-22-32(28(2)44(27)33-12-4-3-5-13-33)24-39-23-29-17-19-30(20-18-29)25-43(26-37-41-34-14-6-7-15-35(34)42-37)36-16-8-10-31-11-9-21-40-38(31)36;/h3-7,9,11-15,17-22,36,39H,8,10,16,23-26H2,1-2H3,(H,41,42);1H4. The normalized spacial score (nSPS) is 14.4. The van der Waals surface area contributed by atoms with Gasteiger partial charge in [-0.05, 0) is 91.8 Å². The van der Waals surface area contributed by atoms with Gasteiger partial charge in [0.15, 0.2) is 0 Å². The molecule has 0 bridgehead atoms. The van der Waals surface area contributed by atoms with Gasteiger partial charge in [0.1, 0.15) is 5.82 Å². The Morgan fingerprint density at radius 3 is 2.47 bits per heavy atom. The van der Waals surface area contributed by atoms with E-state index in [4.69, 9.17) is 9.97 Å². The summed E-state index contributed by atoms with van der Waals surface area (Å²) >= 11 is 0. The zero-order valence-electron chi connectivity index (χ0n) is 25.6. The minimum Gasteiger partial charge on any atom is -0.341 e. The topological polar surface area (TPSA) is 61.8 Å². The van der Waals surface area contributed by atoms with E-state index < -0.39 is 0 Å². The van der Waals surface area contributed by atoms with Gasteiger partial charge in [0.2, 0.25) is 0 Å². The molecule has 7 rings (SSSR count). The Morgan fingerprint density at radius 1 is 0.867 bits per heavy atom. The van der Waals surface area contributed by atoms with Gasteiger partial charge in [0.25, 0.3) is 0 Å². The summed E-state index contributed by atoms with van der Waals surface area (Å²) in [5.41, 5.74) is 12.4. The van der Waals surface area contributed by atoms with Gasteiger partial charge in [-0.25, -0.2) is 4.98 Å². The number of benzene rings is 3. The molecule has 0 fully saturated rings. The predicted octanol–water partition coefficient (Wildman–Crippen LogP) is 8.37. The lowest BCUT2D eigenvalue weighted by atomic mass is 9.90. The summed E-state index contributed by atoms with van der Waals surface area (Å²) in [6.07, 6.45) is 5.34. The highest BCUT2D eigenvalue weighted by atomic mass is 15.2. The second kappa shape index (κ2) is 13.6. The molecule has 3 heterocycles. The molecule has 0 radical (unpaired) electrons. The molecule has 2 N–H and O–H groups in total. The van der Waals surface area contributed by atoms with Gasteiger partial charge >= 0.3 is 0 Å². The molecule has 0 saturated carbocycles. The molecule has 1 aliphatic rings. The molecule has 1 unspecified atom stereocenters. The number of aromatic amines is 1. The first-order valence-corrected chi connectivity index (χ1v) is 15.8. The van der Waals surface area contributed by atoms with E-state index in [1.54, 1.807) is 0 Å². The van der Waals surface area contributed by atoms with E-state index >= 15 is 0 Å². The van der Waals surface area contributed by atoms with Crippen LogP contribution >= 0.6 is 0 Å². The minimum absolute atomic E-state index is 0. The number of nitrogens with one attached hydrogen (secondary N) is 2. The van der Waals surface area contributed by atoms with Crippen molar-refractivity contribution in [3.8, 4) is 5.69 Å². The molecule has 0 amide bonds. The third-order valence-corrected chi connectivity index (χ3v) is 9.00. The average molecular weight is 597 g/mol. The Hall–Kier alpha value is -4.52. The van der Waals surface area contributed by atoms with Crippen molar-refractivity contribution in [1.29, 1.82) is 0 Å². The molecule has 3 aromatic heterocycles. The molecular formula is C39H44N6. The van der Waals surface area contributed by atoms with Crippen LogP contribution in [0, 0.1) is 13.8 Å². The highest BCUT2D eigenvalue weighted by Gasteiger charge is 2.28. The van der Waals surface area contributed by atoms with Gasteiger partial charge in [-0.3, -0.25) is 9.88 Å². The summed E-state index contributed by atoms with van der Waals surface area (Å²) in [7, 11) is 0. The van der Waals surface area contributed by atoms with Crippen molar-refractivity contribution >= 4 is 11.0 Å². The molecule has 3 aromatic carbocycles. The fraction of sp³-hybridized carbons (Fsp3) is 0.282. The molecule has 6 heteroatoms. The summed E-state index contributed by atoms with van der Waals surface area (Å²) in [5, 5.41) is 3.67. The lowest BCUT2D eigenvalue weighted by Gasteiger charge is -2.34. The van der Waals surface area contributed by atoms with E-state index in [1.807, 2.05) is 12.3 Å². The second-order valence-electron chi connectivity index (χ2n) is 12.0. The zero-order chi connectivity index (χ0) is 29.9. The van der Waals surface area contributed by atoms with Gasteiger partial charge in [0.05, 0.1) is 29.3 Å². The van der Waals surface area contributed by atoms with Gasteiger partial charge < -0.3 is 14.9 Å². The molecule has 0 saturated heterocycles. The summed E-state index contributed by atoms with van der Waals surface area (Å²) in [6, 6.07) is 34.8. The van der Waals surface area contributed by atoms with E-state index in [2.05, 4.69) is 125 Å². The van der Waals surface area contributed by atoms with E-state index in [9.17, 15) is 0 Å². The van der Waals surface area contributed by atoms with Crippen LogP contribution in [0.2, 0.25) is 0 Å². The number of pyridine rings is 1. The number of H-pyrrole nitrogens is 1. The first-order valence-electron chi connectivity index (χ1n) is 15.8. The summed E-state index contributed by atoms with van der Waals surface area (Å²) in [6.45, 7) is 7.66. The van der Waals surface area contributed by atoms with Crippen molar-refractivity contribution in [2.45, 2.75) is 72.8 Å². The van der Waals surface area contributed by atoms with Crippen molar-refractivity contribution < 1.29 is 0 Å². The van der Waals surface area contributed by atoms with Crippen molar-refractivity contribution in [2.24, 2.45) is 0 Å². The van der Waals surface area contributed by atoms with Gasteiger partial charge in [-0.1, -0.05) is 68.1 Å². The molecule has 6 nitrogen and oxygen atoms in total. The third-order valence-electron chi connectivity index (χ3n) is 9.00. The number of hydrogen-bond donors (Lipinski definition) is 2. The van der Waals surface area contributed by atoms with Crippen molar-refractivity contribution in [2.75, 3.05) is 0 Å². The van der Waals surface area contributed by atoms with Crippen LogP contribution in [-0.4, -0.2) is 24.4 Å². The number of fused-ring (bicyclic) bond motifs is 2. The van der Waals surface area contributed by atoms with Gasteiger partial charge in [0, 0.05) is 42.9 Å². The fourth-order valence-electron chi connectivity index (χ4n) is 6.81. The second-order valence-corrected chi connectivity index (χ2v) is 12.0. The van der Waals surface area contributed by atoms with E-state index in [-0.39, 0.29) is 13.5 Å². The number of nitrogens with zero attached hydrogens (tertiary/aromatic N) is 4. The minimum atomic E-state index is 0. The van der Waals surface area contributed by atoms with Crippen molar-refractivity contribution in [3.05, 3.63) is 148 Å². The van der Waals surface area contributed by atoms with Crippen LogP contribution in [0.5, 0.6) is 0 Å². The maximum atomic E-state index is 4.92. The van der Waals surface area contributed by atoms with Gasteiger partial charge in [-0.2, -0.15) is 0 Å². The van der Waals surface area contributed by atoms with Crippen LogP contribution < -0.4 is 5.32 Å². The largest absolute Gasteiger partial charge is 0.341 e. The van der Waals surface area contributed by atoms with Crippen LogP contribution in [0.3, 0.4) is 0 Å². The molecule has 1 atom stereocenters. The quantitative estimate of drug-likeness (QED) is 0.167. The van der Waals surface area contributed by atoms with E-state index in [0.717, 1.165) is 55.9 Å². The van der Waals surface area contributed by atoms with E-state index in [1.165, 1.54) is 51.4 Å². The molecule has 45 heavy (non-hydrogen) atoms. The number of rotatable bonds is 10. The summed E-state index contributed by atoms with van der Waals surface area (Å²) < 4.78 is 2.34. The highest BCUT2D eigenvalue weighted by molar-refractivity contribution is 5.74. The third kappa shape index (κ3) is 6.63. The molecule has 6 aromatic rings. The number of aromatic nitrogens is 4. The van der Waals surface area contributed by atoms with Crippen LogP contribution in [0.4, 0.5) is 0 Å². The Labute approximate surface area is 267 Å². The highest BCUT2D eigenvalue weighted by Crippen LogP contribution is 2.35. The number of hydrogen-bond acceptors (Lipinski definition) is 4. The number of aryl methyl sites for hydroxylation is 2. The monoisotopic (exact) mass is 596 g/mol.